The molecule has 4 heteroatoms. The monoisotopic (exact) mass is 295 g/mol. The molecule has 3 N–H and O–H groups in total. The number of carbonyl (C=O) groups is 1. The van der Waals surface area contributed by atoms with E-state index in [-0.39, 0.29) is 11.3 Å². The molecule has 0 heterocycles. The quantitative estimate of drug-likeness (QED) is 0.518. The van der Waals surface area contributed by atoms with E-state index in [0.717, 1.165) is 5.56 Å². The van der Waals surface area contributed by atoms with Gasteiger partial charge in [0.25, 0.3) is 5.91 Å². The van der Waals surface area contributed by atoms with Gasteiger partial charge in [0.2, 0.25) is 0 Å². The van der Waals surface area contributed by atoms with Crippen molar-refractivity contribution in [3.63, 3.8) is 0 Å². The summed E-state index contributed by atoms with van der Waals surface area (Å²) in [4.78, 5) is 11.9. The number of nitrogens with two attached hydrogens (primary N) is 1. The van der Waals surface area contributed by atoms with Crippen molar-refractivity contribution < 1.29 is 4.79 Å². The van der Waals surface area contributed by atoms with Crippen molar-refractivity contribution in [1.82, 2.24) is 5.43 Å². The average Bonchev–Trinajstić information content (AvgIpc) is 2.47. The van der Waals surface area contributed by atoms with Crippen LogP contribution < -0.4 is 11.2 Å². The maximum absolute atomic E-state index is 11.9. The van der Waals surface area contributed by atoms with Gasteiger partial charge in [-0.05, 0) is 40.8 Å². The summed E-state index contributed by atoms with van der Waals surface area (Å²) in [7, 11) is 0. The van der Waals surface area contributed by atoms with E-state index in [1.54, 1.807) is 30.5 Å². The van der Waals surface area contributed by atoms with Crippen LogP contribution in [0.2, 0.25) is 0 Å². The van der Waals surface area contributed by atoms with E-state index >= 15 is 0 Å². The van der Waals surface area contributed by atoms with Crippen LogP contribution in [-0.4, -0.2) is 12.1 Å². The fraction of sp³-hybridized carbons (Fsp3) is 0.222. The normalized spacial score (nSPS) is 11.6. The van der Waals surface area contributed by atoms with Gasteiger partial charge in [0.1, 0.15) is 0 Å². The SMILES string of the molecule is CC(C)(C)c1ccc(C=NNC(=O)c2ccc(N)cc2)cc1. The molecule has 0 fully saturated rings. The van der Waals surface area contributed by atoms with Crippen molar-refractivity contribution >= 4 is 17.8 Å². The molecule has 0 radical (unpaired) electrons. The standard InChI is InChI=1S/C18H21N3O/c1-18(2,3)15-8-4-13(5-9-15)12-20-21-17(22)14-6-10-16(19)11-7-14/h4-12H,19H2,1-3H3,(H,21,22). The molecule has 0 saturated carbocycles. The van der Waals surface area contributed by atoms with Gasteiger partial charge in [0, 0.05) is 11.3 Å². The molecule has 1 amide bonds. The summed E-state index contributed by atoms with van der Waals surface area (Å²) in [6, 6.07) is 14.8. The molecular formula is C18H21N3O. The van der Waals surface area contributed by atoms with Crippen molar-refractivity contribution in [1.29, 1.82) is 0 Å². The van der Waals surface area contributed by atoms with Crippen LogP contribution in [0.5, 0.6) is 0 Å². The van der Waals surface area contributed by atoms with Gasteiger partial charge in [-0.3, -0.25) is 4.79 Å². The van der Waals surface area contributed by atoms with Gasteiger partial charge in [-0.15, -0.1) is 0 Å². The molecule has 2 aromatic rings. The fourth-order valence-electron chi connectivity index (χ4n) is 1.93. The lowest BCUT2D eigenvalue weighted by atomic mass is 9.87. The Hall–Kier alpha value is -2.62. The summed E-state index contributed by atoms with van der Waals surface area (Å²) in [5.74, 6) is -0.262. The van der Waals surface area contributed by atoms with Gasteiger partial charge >= 0.3 is 0 Å². The van der Waals surface area contributed by atoms with Crippen LogP contribution >= 0.6 is 0 Å². The van der Waals surface area contributed by atoms with Gasteiger partial charge in [0.05, 0.1) is 6.21 Å². The average molecular weight is 295 g/mol. The number of nitrogens with one attached hydrogen (secondary N) is 1. The number of nitrogens with zero attached hydrogens (tertiary/aromatic N) is 1. The highest BCUT2D eigenvalue weighted by Gasteiger charge is 2.12. The number of carbonyl (C=O) groups excluding carboxylic acids is 1. The molecule has 0 aromatic heterocycles. The number of hydrazone groups is 1. The highest BCUT2D eigenvalue weighted by Crippen LogP contribution is 2.21. The predicted octanol–water partition coefficient (Wildman–Crippen LogP) is 3.33. The summed E-state index contributed by atoms with van der Waals surface area (Å²) >= 11 is 0. The third-order valence-electron chi connectivity index (χ3n) is 3.33. The minimum Gasteiger partial charge on any atom is -0.399 e. The lowest BCUT2D eigenvalue weighted by Gasteiger charge is -2.18. The van der Waals surface area contributed by atoms with E-state index in [9.17, 15) is 4.79 Å². The van der Waals surface area contributed by atoms with Gasteiger partial charge in [-0.25, -0.2) is 5.43 Å². The summed E-state index contributed by atoms with van der Waals surface area (Å²) in [5, 5.41) is 3.98. The van der Waals surface area contributed by atoms with Gasteiger partial charge in [-0.2, -0.15) is 5.10 Å². The number of rotatable bonds is 3. The highest BCUT2D eigenvalue weighted by atomic mass is 16.2. The van der Waals surface area contributed by atoms with Crippen molar-refractivity contribution in [2.24, 2.45) is 5.10 Å². The van der Waals surface area contributed by atoms with Gasteiger partial charge in [0.15, 0.2) is 0 Å². The third-order valence-corrected chi connectivity index (χ3v) is 3.33. The number of hydrogen-bond acceptors (Lipinski definition) is 3. The zero-order valence-corrected chi connectivity index (χ0v) is 13.1. The molecule has 0 atom stereocenters. The zero-order valence-electron chi connectivity index (χ0n) is 13.1. The second kappa shape index (κ2) is 6.43. The van der Waals surface area contributed by atoms with Crippen molar-refractivity contribution in [2.45, 2.75) is 26.2 Å². The van der Waals surface area contributed by atoms with Crippen LogP contribution in [0.3, 0.4) is 0 Å². The lowest BCUT2D eigenvalue weighted by Crippen LogP contribution is -2.17. The maximum atomic E-state index is 11.9. The molecule has 0 unspecified atom stereocenters. The van der Waals surface area contributed by atoms with E-state index in [2.05, 4.69) is 43.4 Å². The molecule has 4 nitrogen and oxygen atoms in total. The Balaban J connectivity index is 1.97. The Morgan fingerprint density at radius 2 is 1.64 bits per heavy atom. The van der Waals surface area contributed by atoms with E-state index in [0.29, 0.717) is 11.3 Å². The fourth-order valence-corrected chi connectivity index (χ4v) is 1.93. The van der Waals surface area contributed by atoms with Crippen LogP contribution in [0, 0.1) is 0 Å². The van der Waals surface area contributed by atoms with Crippen molar-refractivity contribution in [3.8, 4) is 0 Å². The molecule has 2 rings (SSSR count). The lowest BCUT2D eigenvalue weighted by molar-refractivity contribution is 0.0955. The zero-order chi connectivity index (χ0) is 16.2. The topological polar surface area (TPSA) is 67.5 Å². The minimum atomic E-state index is -0.262. The maximum Gasteiger partial charge on any atom is 0.271 e. The second-order valence-corrected chi connectivity index (χ2v) is 6.19. The summed E-state index contributed by atoms with van der Waals surface area (Å²) < 4.78 is 0. The molecule has 0 saturated heterocycles. The Bertz CT molecular complexity index is 665. The number of nitrogen functional groups attached to an aromatic ring is 1. The van der Waals surface area contributed by atoms with E-state index < -0.39 is 0 Å². The first-order chi connectivity index (χ1) is 10.4. The third kappa shape index (κ3) is 4.19. The summed E-state index contributed by atoms with van der Waals surface area (Å²) in [6.07, 6.45) is 1.63. The predicted molar refractivity (Wildman–Crippen MR) is 91.1 cm³/mol. The van der Waals surface area contributed by atoms with Gasteiger partial charge in [-0.1, -0.05) is 45.0 Å². The van der Waals surface area contributed by atoms with Crippen molar-refractivity contribution in [2.75, 3.05) is 5.73 Å². The first kappa shape index (κ1) is 15.8. The van der Waals surface area contributed by atoms with E-state index in [1.165, 1.54) is 5.56 Å². The first-order valence-corrected chi connectivity index (χ1v) is 7.16. The van der Waals surface area contributed by atoms with E-state index in [1.807, 2.05) is 12.1 Å². The van der Waals surface area contributed by atoms with Crippen molar-refractivity contribution in [3.05, 3.63) is 65.2 Å². The Labute approximate surface area is 131 Å². The summed E-state index contributed by atoms with van der Waals surface area (Å²) in [5.41, 5.74) is 11.6. The smallest absolute Gasteiger partial charge is 0.271 e. The highest BCUT2D eigenvalue weighted by molar-refractivity contribution is 5.95. The molecular weight excluding hydrogens is 274 g/mol. The van der Waals surface area contributed by atoms with Crippen LogP contribution in [0.25, 0.3) is 0 Å². The molecule has 2 aromatic carbocycles. The minimum absolute atomic E-state index is 0.124. The molecule has 22 heavy (non-hydrogen) atoms. The Morgan fingerprint density at radius 1 is 1.05 bits per heavy atom. The first-order valence-electron chi connectivity index (χ1n) is 7.16. The van der Waals surface area contributed by atoms with Gasteiger partial charge < -0.3 is 5.73 Å². The van der Waals surface area contributed by atoms with Crippen LogP contribution in [0.1, 0.15) is 42.3 Å². The van der Waals surface area contributed by atoms with Crippen LogP contribution in [0.15, 0.2) is 53.6 Å². The van der Waals surface area contributed by atoms with E-state index in [4.69, 9.17) is 5.73 Å². The number of benzene rings is 2. The Kier molecular flexibility index (Phi) is 4.61. The number of hydrogen-bond donors (Lipinski definition) is 2. The largest absolute Gasteiger partial charge is 0.399 e. The van der Waals surface area contributed by atoms with Crippen LogP contribution in [-0.2, 0) is 5.41 Å². The second-order valence-electron chi connectivity index (χ2n) is 6.19. The summed E-state index contributed by atoms with van der Waals surface area (Å²) in [6.45, 7) is 6.51. The number of amides is 1. The number of anilines is 1. The molecule has 0 aliphatic heterocycles. The molecule has 0 bridgehead atoms. The molecule has 0 aliphatic rings. The molecule has 114 valence electrons. The molecule has 0 spiro atoms. The van der Waals surface area contributed by atoms with Crippen LogP contribution in [0.4, 0.5) is 5.69 Å². The Morgan fingerprint density at radius 3 is 2.18 bits per heavy atom. The molecule has 0 aliphatic carbocycles.